The Hall–Kier alpha value is -3.10. The minimum atomic E-state index is -1.09. The van der Waals surface area contributed by atoms with Crippen LogP contribution in [0.5, 0.6) is 0 Å². The number of carbonyl (C=O) groups excluding carboxylic acids is 4. The van der Waals surface area contributed by atoms with E-state index in [2.05, 4.69) is 10.6 Å². The maximum absolute atomic E-state index is 13.6. The molecule has 2 unspecified atom stereocenters. The highest BCUT2D eigenvalue weighted by Gasteiger charge is 2.35. The Kier molecular flexibility index (Phi) is 10.1. The Morgan fingerprint density at radius 1 is 1.14 bits per heavy atom. The zero-order valence-electron chi connectivity index (χ0n) is 21.6. The quantitative estimate of drug-likeness (QED) is 0.492. The van der Waals surface area contributed by atoms with E-state index in [1.165, 1.54) is 11.9 Å². The van der Waals surface area contributed by atoms with E-state index in [0.29, 0.717) is 5.56 Å². The normalized spacial score (nSPS) is 16.0. The Morgan fingerprint density at radius 3 is 2.37 bits per heavy atom. The summed E-state index contributed by atoms with van der Waals surface area (Å²) in [7, 11) is 1.53. The third-order valence-corrected chi connectivity index (χ3v) is 5.96. The summed E-state index contributed by atoms with van der Waals surface area (Å²) in [6.45, 7) is 7.05. The van der Waals surface area contributed by atoms with Gasteiger partial charge in [-0.05, 0) is 52.5 Å². The van der Waals surface area contributed by atoms with Gasteiger partial charge in [0.25, 0.3) is 0 Å². The summed E-state index contributed by atoms with van der Waals surface area (Å²) < 4.78 is 5.30. The zero-order valence-corrected chi connectivity index (χ0v) is 21.6. The van der Waals surface area contributed by atoms with Gasteiger partial charge in [-0.15, -0.1) is 0 Å². The number of ether oxygens (including phenoxy) is 1. The summed E-state index contributed by atoms with van der Waals surface area (Å²) in [5, 5.41) is 5.67. The first kappa shape index (κ1) is 28.1. The number of nitrogens with zero attached hydrogens (tertiary/aromatic N) is 1. The van der Waals surface area contributed by atoms with Crippen LogP contribution < -0.4 is 16.4 Å². The van der Waals surface area contributed by atoms with Crippen LogP contribution in [0.2, 0.25) is 0 Å². The van der Waals surface area contributed by atoms with E-state index in [1.54, 1.807) is 20.8 Å². The predicted octanol–water partition coefficient (Wildman–Crippen LogP) is 3.10. The number of rotatable bonds is 9. The molecule has 9 heteroatoms. The van der Waals surface area contributed by atoms with Gasteiger partial charge in [-0.2, -0.15) is 0 Å². The van der Waals surface area contributed by atoms with Crippen molar-refractivity contribution in [2.24, 2.45) is 5.73 Å². The topological polar surface area (TPSA) is 131 Å². The monoisotopic (exact) mass is 488 g/mol. The van der Waals surface area contributed by atoms with Gasteiger partial charge >= 0.3 is 6.09 Å². The van der Waals surface area contributed by atoms with Crippen LogP contribution in [-0.4, -0.2) is 53.4 Å². The highest BCUT2D eigenvalue weighted by atomic mass is 16.6. The maximum atomic E-state index is 13.6. The Morgan fingerprint density at radius 2 is 1.80 bits per heavy atom. The van der Waals surface area contributed by atoms with Crippen molar-refractivity contribution < 1.29 is 23.9 Å². The lowest BCUT2D eigenvalue weighted by atomic mass is 9.94. The molecule has 9 nitrogen and oxygen atoms in total. The summed E-state index contributed by atoms with van der Waals surface area (Å²) in [6, 6.07) is 5.51. The molecule has 1 fully saturated rings. The number of nitrogens with one attached hydrogen (secondary N) is 2. The molecule has 35 heavy (non-hydrogen) atoms. The van der Waals surface area contributed by atoms with Crippen molar-refractivity contribution >= 4 is 23.8 Å². The minimum absolute atomic E-state index is 0.0114. The summed E-state index contributed by atoms with van der Waals surface area (Å²) >= 11 is 0. The van der Waals surface area contributed by atoms with Crippen LogP contribution >= 0.6 is 0 Å². The average molecular weight is 489 g/mol. The minimum Gasteiger partial charge on any atom is -0.444 e. The van der Waals surface area contributed by atoms with Crippen molar-refractivity contribution in [2.75, 3.05) is 7.05 Å². The number of benzene rings is 1. The second kappa shape index (κ2) is 12.6. The lowest BCUT2D eigenvalue weighted by Crippen LogP contribution is -2.52. The SMILES string of the molecule is Cc1cccc(C(C(=O)NC2CCCCC2)N(C)C(=O)C(CCC(N)=O)NC(=O)OC(C)(C)C)c1. The van der Waals surface area contributed by atoms with Crippen molar-refractivity contribution in [3.05, 3.63) is 35.4 Å². The van der Waals surface area contributed by atoms with E-state index in [9.17, 15) is 19.2 Å². The molecule has 0 radical (unpaired) electrons. The molecule has 1 aromatic carbocycles. The number of hydrogen-bond donors (Lipinski definition) is 3. The van der Waals surface area contributed by atoms with Crippen LogP contribution in [0.25, 0.3) is 0 Å². The van der Waals surface area contributed by atoms with Crippen LogP contribution in [0.1, 0.15) is 82.9 Å². The molecular formula is C26H40N4O5. The van der Waals surface area contributed by atoms with Crippen molar-refractivity contribution in [3.8, 4) is 0 Å². The van der Waals surface area contributed by atoms with Crippen molar-refractivity contribution in [2.45, 2.75) is 96.4 Å². The molecule has 2 atom stereocenters. The smallest absolute Gasteiger partial charge is 0.408 e. The molecule has 0 spiro atoms. The predicted molar refractivity (Wildman–Crippen MR) is 133 cm³/mol. The molecule has 2 rings (SSSR count). The van der Waals surface area contributed by atoms with Crippen LogP contribution in [0.3, 0.4) is 0 Å². The fourth-order valence-electron chi connectivity index (χ4n) is 4.28. The molecule has 194 valence electrons. The molecule has 0 aliphatic heterocycles. The summed E-state index contributed by atoms with van der Waals surface area (Å²) in [5.41, 5.74) is 6.15. The van der Waals surface area contributed by atoms with Crippen LogP contribution in [0.4, 0.5) is 4.79 Å². The van der Waals surface area contributed by atoms with Gasteiger partial charge in [0.1, 0.15) is 17.7 Å². The molecule has 1 aliphatic carbocycles. The standard InChI is InChI=1S/C26H40N4O5/c1-17-10-9-11-18(16-17)22(23(32)28-19-12-7-6-8-13-19)30(5)24(33)20(14-15-21(27)31)29-25(34)35-26(2,3)4/h9-11,16,19-20,22H,6-8,12-15H2,1-5H3,(H2,27,31)(H,28,32)(H,29,34). The van der Waals surface area contributed by atoms with E-state index < -0.39 is 35.6 Å². The third-order valence-electron chi connectivity index (χ3n) is 5.96. The summed E-state index contributed by atoms with van der Waals surface area (Å²) in [4.78, 5) is 52.2. The largest absolute Gasteiger partial charge is 0.444 e. The number of primary amides is 1. The fraction of sp³-hybridized carbons (Fsp3) is 0.615. The Labute approximate surface area is 208 Å². The molecule has 1 saturated carbocycles. The average Bonchev–Trinajstić information content (AvgIpc) is 2.75. The second-order valence-corrected chi connectivity index (χ2v) is 10.3. The van der Waals surface area contributed by atoms with E-state index in [4.69, 9.17) is 10.5 Å². The molecule has 1 aliphatic rings. The summed E-state index contributed by atoms with van der Waals surface area (Å²) in [5.74, 6) is -1.38. The van der Waals surface area contributed by atoms with Gasteiger partial charge in [0.05, 0.1) is 0 Å². The first-order valence-electron chi connectivity index (χ1n) is 12.3. The first-order chi connectivity index (χ1) is 16.4. The summed E-state index contributed by atoms with van der Waals surface area (Å²) in [6.07, 6.45) is 4.19. The molecule has 0 bridgehead atoms. The third kappa shape index (κ3) is 9.22. The number of aryl methyl sites for hydroxylation is 1. The number of nitrogens with two attached hydrogens (primary N) is 1. The van der Waals surface area contributed by atoms with Crippen LogP contribution in [0.15, 0.2) is 24.3 Å². The number of amides is 4. The van der Waals surface area contributed by atoms with E-state index in [0.717, 1.165) is 37.7 Å². The molecule has 0 heterocycles. The fourth-order valence-corrected chi connectivity index (χ4v) is 4.28. The molecule has 0 saturated heterocycles. The maximum Gasteiger partial charge on any atom is 0.408 e. The molecular weight excluding hydrogens is 448 g/mol. The molecule has 1 aromatic rings. The van der Waals surface area contributed by atoms with Gasteiger partial charge in [0.15, 0.2) is 0 Å². The number of carbonyl (C=O) groups is 4. The van der Waals surface area contributed by atoms with Gasteiger partial charge in [-0.1, -0.05) is 49.1 Å². The van der Waals surface area contributed by atoms with Gasteiger partial charge in [0.2, 0.25) is 17.7 Å². The number of hydrogen-bond acceptors (Lipinski definition) is 5. The van der Waals surface area contributed by atoms with Crippen molar-refractivity contribution in [3.63, 3.8) is 0 Å². The molecule has 4 amide bonds. The van der Waals surface area contributed by atoms with Gasteiger partial charge < -0.3 is 26.0 Å². The van der Waals surface area contributed by atoms with E-state index in [-0.39, 0.29) is 24.8 Å². The van der Waals surface area contributed by atoms with Crippen molar-refractivity contribution in [1.29, 1.82) is 0 Å². The van der Waals surface area contributed by atoms with Gasteiger partial charge in [-0.25, -0.2) is 4.79 Å². The van der Waals surface area contributed by atoms with Gasteiger partial charge in [-0.3, -0.25) is 14.4 Å². The highest BCUT2D eigenvalue weighted by molar-refractivity contribution is 5.92. The van der Waals surface area contributed by atoms with Crippen LogP contribution in [-0.2, 0) is 19.1 Å². The van der Waals surface area contributed by atoms with Crippen LogP contribution in [0, 0.1) is 6.92 Å². The Balaban J connectivity index is 2.30. The Bertz CT molecular complexity index is 905. The zero-order chi connectivity index (χ0) is 26.2. The second-order valence-electron chi connectivity index (χ2n) is 10.3. The van der Waals surface area contributed by atoms with Gasteiger partial charge in [0, 0.05) is 19.5 Å². The molecule has 4 N–H and O–H groups in total. The first-order valence-corrected chi connectivity index (χ1v) is 12.3. The lowest BCUT2D eigenvalue weighted by Gasteiger charge is -2.33. The van der Waals surface area contributed by atoms with E-state index >= 15 is 0 Å². The lowest BCUT2D eigenvalue weighted by molar-refractivity contribution is -0.141. The highest BCUT2D eigenvalue weighted by Crippen LogP contribution is 2.25. The van der Waals surface area contributed by atoms with E-state index in [1.807, 2.05) is 31.2 Å². The number of alkyl carbamates (subject to hydrolysis) is 1. The molecule has 0 aromatic heterocycles. The number of likely N-dealkylation sites (N-methyl/N-ethyl adjacent to an activating group) is 1. The van der Waals surface area contributed by atoms with Crippen molar-refractivity contribution in [1.82, 2.24) is 15.5 Å².